The van der Waals surface area contributed by atoms with Crippen molar-refractivity contribution in [2.24, 2.45) is 17.8 Å². The maximum absolute atomic E-state index is 14.5. The number of halogens is 1. The lowest BCUT2D eigenvalue weighted by molar-refractivity contribution is 0.0109. The van der Waals surface area contributed by atoms with Crippen LogP contribution in [0.25, 0.3) is 0 Å². The first-order valence-electron chi connectivity index (χ1n) is 16.2. The Hall–Kier alpha value is -1.58. The number of carbonyl (C=O) groups is 1. The zero-order valence-corrected chi connectivity index (χ0v) is 24.5. The van der Waals surface area contributed by atoms with E-state index in [0.717, 1.165) is 56.3 Å². The first-order valence-corrected chi connectivity index (χ1v) is 16.2. The Labute approximate surface area is 232 Å². The number of benzene rings is 1. The second-order valence-corrected chi connectivity index (χ2v) is 12.2. The summed E-state index contributed by atoms with van der Waals surface area (Å²) in [7, 11) is 0. The van der Waals surface area contributed by atoms with Gasteiger partial charge in [0.1, 0.15) is 6.10 Å². The summed E-state index contributed by atoms with van der Waals surface area (Å²) in [5.41, 5.74) is 0.282. The van der Waals surface area contributed by atoms with E-state index < -0.39 is 11.8 Å². The quantitative estimate of drug-likeness (QED) is 0.148. The molecule has 0 heterocycles. The second kappa shape index (κ2) is 17.9. The minimum absolute atomic E-state index is 0.0371. The van der Waals surface area contributed by atoms with Gasteiger partial charge in [-0.15, -0.1) is 0 Å². The molecule has 38 heavy (non-hydrogen) atoms. The summed E-state index contributed by atoms with van der Waals surface area (Å²) in [5, 5.41) is 0. The van der Waals surface area contributed by atoms with E-state index in [-0.39, 0.29) is 17.4 Å². The Kier molecular flexibility index (Phi) is 14.6. The van der Waals surface area contributed by atoms with Crippen LogP contribution in [-0.4, -0.2) is 18.7 Å². The van der Waals surface area contributed by atoms with Gasteiger partial charge >= 0.3 is 5.97 Å². The van der Waals surface area contributed by atoms with Crippen LogP contribution in [0.5, 0.6) is 5.75 Å². The molecule has 0 atom stereocenters. The molecule has 0 saturated heterocycles. The van der Waals surface area contributed by atoms with Crippen LogP contribution in [0.4, 0.5) is 4.39 Å². The smallest absolute Gasteiger partial charge is 0.338 e. The van der Waals surface area contributed by atoms with Gasteiger partial charge in [-0.25, -0.2) is 9.18 Å². The maximum atomic E-state index is 14.5. The highest BCUT2D eigenvalue weighted by Crippen LogP contribution is 2.41. The Morgan fingerprint density at radius 3 is 1.97 bits per heavy atom. The molecule has 2 fully saturated rings. The van der Waals surface area contributed by atoms with Crippen molar-refractivity contribution < 1.29 is 18.7 Å². The number of unbranched alkanes of at least 4 members (excludes halogenated alkanes) is 9. The van der Waals surface area contributed by atoms with Gasteiger partial charge in [-0.05, 0) is 80.9 Å². The van der Waals surface area contributed by atoms with E-state index in [1.54, 1.807) is 12.1 Å². The van der Waals surface area contributed by atoms with Crippen molar-refractivity contribution in [1.29, 1.82) is 0 Å². The zero-order valence-electron chi connectivity index (χ0n) is 24.5. The molecule has 2 aliphatic carbocycles. The largest absolute Gasteiger partial charge is 0.491 e. The Bertz CT molecular complexity index is 778. The van der Waals surface area contributed by atoms with E-state index in [4.69, 9.17) is 9.47 Å². The molecule has 2 saturated carbocycles. The first-order chi connectivity index (χ1) is 18.6. The fraction of sp³-hybridized carbons (Fsp3) is 0.794. The second-order valence-electron chi connectivity index (χ2n) is 12.2. The topological polar surface area (TPSA) is 35.5 Å². The van der Waals surface area contributed by atoms with Crippen LogP contribution in [0.3, 0.4) is 0 Å². The number of carbonyl (C=O) groups excluding carboxylic acids is 1. The summed E-state index contributed by atoms with van der Waals surface area (Å²) >= 11 is 0. The Morgan fingerprint density at radius 2 is 1.34 bits per heavy atom. The van der Waals surface area contributed by atoms with E-state index in [9.17, 15) is 9.18 Å². The van der Waals surface area contributed by atoms with Crippen LogP contribution < -0.4 is 4.74 Å². The SMILES string of the molecule is CCCCCCCCOc1ccc(C(=O)OC2CCC(C3CCC(CCCCCCC)CC3)CC2)cc1F. The number of esters is 1. The van der Waals surface area contributed by atoms with Gasteiger partial charge in [0.05, 0.1) is 12.2 Å². The van der Waals surface area contributed by atoms with Crippen molar-refractivity contribution in [3.05, 3.63) is 29.6 Å². The van der Waals surface area contributed by atoms with E-state index in [1.165, 1.54) is 96.0 Å². The lowest BCUT2D eigenvalue weighted by atomic mass is 9.70. The van der Waals surface area contributed by atoms with Crippen molar-refractivity contribution in [1.82, 2.24) is 0 Å². The summed E-state index contributed by atoms with van der Waals surface area (Å²) in [6, 6.07) is 4.48. The summed E-state index contributed by atoms with van der Waals surface area (Å²) in [4.78, 5) is 12.7. The molecule has 3 nitrogen and oxygen atoms in total. The molecule has 0 aromatic heterocycles. The molecule has 0 amide bonds. The Morgan fingerprint density at radius 1 is 0.763 bits per heavy atom. The number of hydrogen-bond donors (Lipinski definition) is 0. The van der Waals surface area contributed by atoms with Crippen molar-refractivity contribution in [3.8, 4) is 5.75 Å². The monoisotopic (exact) mass is 530 g/mol. The highest BCUT2D eigenvalue weighted by Gasteiger charge is 2.32. The average Bonchev–Trinajstić information content (AvgIpc) is 2.94. The van der Waals surface area contributed by atoms with Crippen LogP contribution in [0.1, 0.15) is 153 Å². The summed E-state index contributed by atoms with van der Waals surface area (Å²) in [6.07, 6.45) is 25.2. The molecule has 1 aromatic carbocycles. The molecule has 0 N–H and O–H groups in total. The molecule has 0 aliphatic heterocycles. The minimum Gasteiger partial charge on any atom is -0.491 e. The molecule has 2 aliphatic rings. The fourth-order valence-corrected chi connectivity index (χ4v) is 6.69. The average molecular weight is 531 g/mol. The van der Waals surface area contributed by atoms with Gasteiger partial charge in [-0.1, -0.05) is 97.3 Å². The van der Waals surface area contributed by atoms with Crippen LogP contribution in [0.15, 0.2) is 18.2 Å². The van der Waals surface area contributed by atoms with Gasteiger partial charge in [0.15, 0.2) is 11.6 Å². The highest BCUT2D eigenvalue weighted by atomic mass is 19.1. The summed E-state index contributed by atoms with van der Waals surface area (Å²) in [6.45, 7) is 5.00. The van der Waals surface area contributed by atoms with Gasteiger partial charge in [0.2, 0.25) is 0 Å². The number of rotatable bonds is 17. The maximum Gasteiger partial charge on any atom is 0.338 e. The normalized spacial score (nSPS) is 23.8. The van der Waals surface area contributed by atoms with Gasteiger partial charge in [0, 0.05) is 0 Å². The number of ether oxygens (including phenoxy) is 2. The van der Waals surface area contributed by atoms with Crippen molar-refractivity contribution in [2.45, 2.75) is 148 Å². The van der Waals surface area contributed by atoms with E-state index in [0.29, 0.717) is 6.61 Å². The molecule has 4 heteroatoms. The van der Waals surface area contributed by atoms with Gasteiger partial charge in [-0.2, -0.15) is 0 Å². The molecule has 1 aromatic rings. The van der Waals surface area contributed by atoms with E-state index in [2.05, 4.69) is 13.8 Å². The predicted octanol–water partition coefficient (Wildman–Crippen LogP) is 10.4. The lowest BCUT2D eigenvalue weighted by Gasteiger charge is -2.37. The summed E-state index contributed by atoms with van der Waals surface area (Å²) < 4.78 is 25.9. The molecule has 0 spiro atoms. The third-order valence-corrected chi connectivity index (χ3v) is 9.19. The zero-order chi connectivity index (χ0) is 27.0. The van der Waals surface area contributed by atoms with Crippen LogP contribution >= 0.6 is 0 Å². The Balaban J connectivity index is 1.31. The highest BCUT2D eigenvalue weighted by molar-refractivity contribution is 5.89. The number of hydrogen-bond acceptors (Lipinski definition) is 3. The predicted molar refractivity (Wildman–Crippen MR) is 155 cm³/mol. The molecule has 0 radical (unpaired) electrons. The molecule has 216 valence electrons. The molecule has 0 unspecified atom stereocenters. The van der Waals surface area contributed by atoms with Gasteiger partial charge in [-0.3, -0.25) is 0 Å². The van der Waals surface area contributed by atoms with E-state index >= 15 is 0 Å². The fourth-order valence-electron chi connectivity index (χ4n) is 6.69. The lowest BCUT2D eigenvalue weighted by Crippen LogP contribution is -2.29. The van der Waals surface area contributed by atoms with Crippen LogP contribution in [0.2, 0.25) is 0 Å². The molecule has 0 bridgehead atoms. The van der Waals surface area contributed by atoms with E-state index in [1.807, 2.05) is 0 Å². The third kappa shape index (κ3) is 10.9. The van der Waals surface area contributed by atoms with Crippen LogP contribution in [-0.2, 0) is 4.74 Å². The van der Waals surface area contributed by atoms with Crippen LogP contribution in [0, 0.1) is 23.6 Å². The standard InChI is InChI=1S/C34H55FO3/c1-3-5-7-9-11-13-25-37-33-24-21-30(26-32(33)35)34(36)38-31-22-19-29(20-23-31)28-17-15-27(16-18-28)14-12-10-8-6-4-2/h21,24,26-29,31H,3-20,22-23,25H2,1-2H3. The molecular formula is C34H55FO3. The van der Waals surface area contributed by atoms with Gasteiger partial charge in [0.25, 0.3) is 0 Å². The van der Waals surface area contributed by atoms with Crippen molar-refractivity contribution >= 4 is 5.97 Å². The third-order valence-electron chi connectivity index (χ3n) is 9.19. The minimum atomic E-state index is -0.481. The van der Waals surface area contributed by atoms with Gasteiger partial charge < -0.3 is 9.47 Å². The molecule has 3 rings (SSSR count). The molecular weight excluding hydrogens is 475 g/mol. The van der Waals surface area contributed by atoms with Crippen molar-refractivity contribution in [3.63, 3.8) is 0 Å². The first kappa shape index (κ1) is 31.0. The summed E-state index contributed by atoms with van der Waals surface area (Å²) in [5.74, 6) is 1.94. The van der Waals surface area contributed by atoms with Crippen molar-refractivity contribution in [2.75, 3.05) is 6.61 Å².